The summed E-state index contributed by atoms with van der Waals surface area (Å²) in [6, 6.07) is -0.368. The molecule has 24 heavy (non-hydrogen) atoms. The molecule has 0 aromatic heterocycles. The number of hydrogen-bond donors (Lipinski definition) is 1. The van der Waals surface area contributed by atoms with E-state index in [9.17, 15) is 19.2 Å². The molecule has 5 amide bonds. The van der Waals surface area contributed by atoms with E-state index in [-0.39, 0.29) is 36.9 Å². The molecule has 3 saturated heterocycles. The average molecular weight is 336 g/mol. The number of likely N-dealkylation sites (tertiary alicyclic amines) is 2. The number of carbonyl (C=O) groups is 4. The summed E-state index contributed by atoms with van der Waals surface area (Å²) in [5, 5.41) is 2.40. The van der Waals surface area contributed by atoms with Gasteiger partial charge in [0.1, 0.15) is 6.54 Å². The number of carbonyl (C=O) groups excluding carboxylic acids is 4. The van der Waals surface area contributed by atoms with E-state index in [1.807, 2.05) is 18.7 Å². The number of amides is 5. The number of hydrogen-bond acceptors (Lipinski definition) is 4. The van der Waals surface area contributed by atoms with Gasteiger partial charge < -0.3 is 15.1 Å². The minimum absolute atomic E-state index is 0.0577. The van der Waals surface area contributed by atoms with Crippen LogP contribution < -0.4 is 5.32 Å². The smallest absolute Gasteiger partial charge is 0.325 e. The van der Waals surface area contributed by atoms with Crippen molar-refractivity contribution in [2.75, 3.05) is 32.7 Å². The molecular weight excluding hydrogens is 312 g/mol. The topological polar surface area (TPSA) is 90.0 Å². The SMILES string of the molecule is CC(C)N1CCC[C@@]2(CCN(C(=O)CN3C(=O)CNC3=O)C2)C1=O. The molecule has 3 rings (SSSR count). The molecule has 0 aliphatic carbocycles. The zero-order valence-electron chi connectivity index (χ0n) is 14.2. The van der Waals surface area contributed by atoms with Crippen LogP contribution in [0.4, 0.5) is 4.79 Å². The second-order valence-electron chi connectivity index (χ2n) is 7.18. The number of imide groups is 1. The Morgan fingerprint density at radius 1 is 1.21 bits per heavy atom. The fourth-order valence-electron chi connectivity index (χ4n) is 3.91. The normalized spacial score (nSPS) is 27.6. The molecule has 8 nitrogen and oxygen atoms in total. The quantitative estimate of drug-likeness (QED) is 0.722. The van der Waals surface area contributed by atoms with Crippen LogP contribution >= 0.6 is 0 Å². The Kier molecular flexibility index (Phi) is 4.23. The van der Waals surface area contributed by atoms with Crippen LogP contribution in [-0.2, 0) is 14.4 Å². The van der Waals surface area contributed by atoms with Crippen molar-refractivity contribution in [2.45, 2.75) is 39.2 Å². The summed E-state index contributed by atoms with van der Waals surface area (Å²) in [4.78, 5) is 53.0. The molecule has 8 heteroatoms. The third kappa shape index (κ3) is 2.74. The van der Waals surface area contributed by atoms with Crippen LogP contribution in [0, 0.1) is 5.41 Å². The van der Waals surface area contributed by atoms with E-state index in [0.29, 0.717) is 19.5 Å². The maximum absolute atomic E-state index is 12.9. The van der Waals surface area contributed by atoms with E-state index in [2.05, 4.69) is 5.32 Å². The minimum Gasteiger partial charge on any atom is -0.340 e. The molecule has 3 fully saturated rings. The lowest BCUT2D eigenvalue weighted by Crippen LogP contribution is -2.53. The maximum Gasteiger partial charge on any atom is 0.325 e. The Hall–Kier alpha value is -2.12. The van der Waals surface area contributed by atoms with Crippen molar-refractivity contribution in [3.63, 3.8) is 0 Å². The monoisotopic (exact) mass is 336 g/mol. The van der Waals surface area contributed by atoms with E-state index in [4.69, 9.17) is 0 Å². The molecule has 0 saturated carbocycles. The maximum atomic E-state index is 12.9. The Morgan fingerprint density at radius 3 is 2.58 bits per heavy atom. The van der Waals surface area contributed by atoms with E-state index < -0.39 is 11.4 Å². The summed E-state index contributed by atoms with van der Waals surface area (Å²) in [5.41, 5.74) is -0.491. The Labute approximate surface area is 141 Å². The van der Waals surface area contributed by atoms with Gasteiger partial charge in [0.2, 0.25) is 11.8 Å². The molecule has 1 atom stereocenters. The van der Waals surface area contributed by atoms with Crippen molar-refractivity contribution >= 4 is 23.8 Å². The third-order valence-electron chi connectivity index (χ3n) is 5.33. The Balaban J connectivity index is 1.66. The second-order valence-corrected chi connectivity index (χ2v) is 7.18. The molecule has 132 valence electrons. The number of urea groups is 1. The molecule has 0 radical (unpaired) electrons. The van der Waals surface area contributed by atoms with Gasteiger partial charge in [-0.05, 0) is 33.1 Å². The van der Waals surface area contributed by atoms with Crippen LogP contribution in [0.15, 0.2) is 0 Å². The highest BCUT2D eigenvalue weighted by Gasteiger charge is 2.50. The minimum atomic E-state index is -0.526. The van der Waals surface area contributed by atoms with Gasteiger partial charge in [0.15, 0.2) is 0 Å². The molecular formula is C16H24N4O4. The number of rotatable bonds is 3. The van der Waals surface area contributed by atoms with Gasteiger partial charge in [-0.1, -0.05) is 0 Å². The van der Waals surface area contributed by atoms with Gasteiger partial charge in [-0.25, -0.2) is 4.79 Å². The van der Waals surface area contributed by atoms with E-state index >= 15 is 0 Å². The van der Waals surface area contributed by atoms with Crippen molar-refractivity contribution in [1.82, 2.24) is 20.0 Å². The lowest BCUT2D eigenvalue weighted by atomic mass is 9.78. The van der Waals surface area contributed by atoms with Crippen LogP contribution in [0.25, 0.3) is 0 Å². The number of nitrogens with zero attached hydrogens (tertiary/aromatic N) is 3. The van der Waals surface area contributed by atoms with E-state index in [1.54, 1.807) is 4.90 Å². The second kappa shape index (κ2) is 6.07. The Morgan fingerprint density at radius 2 is 1.96 bits per heavy atom. The van der Waals surface area contributed by atoms with E-state index in [1.165, 1.54) is 0 Å². The van der Waals surface area contributed by atoms with Gasteiger partial charge in [0.25, 0.3) is 5.91 Å². The standard InChI is InChI=1S/C16H24N4O4/c1-11(2)19-6-3-4-16(14(19)23)5-7-18(10-16)13(22)9-20-12(21)8-17-15(20)24/h11H,3-10H2,1-2H3,(H,17,24)/t16-/m0/s1. The molecule has 0 bridgehead atoms. The zero-order chi connectivity index (χ0) is 17.5. The van der Waals surface area contributed by atoms with Gasteiger partial charge in [-0.3, -0.25) is 19.3 Å². The summed E-state index contributed by atoms with van der Waals surface area (Å²) < 4.78 is 0. The van der Waals surface area contributed by atoms with Crippen molar-refractivity contribution in [1.29, 1.82) is 0 Å². The largest absolute Gasteiger partial charge is 0.340 e. The number of nitrogens with one attached hydrogen (secondary N) is 1. The summed E-state index contributed by atoms with van der Waals surface area (Å²) in [7, 11) is 0. The predicted molar refractivity (Wildman–Crippen MR) is 84.8 cm³/mol. The van der Waals surface area contributed by atoms with Gasteiger partial charge >= 0.3 is 6.03 Å². The first-order chi connectivity index (χ1) is 11.3. The summed E-state index contributed by atoms with van der Waals surface area (Å²) in [6.45, 7) is 5.37. The summed E-state index contributed by atoms with van der Waals surface area (Å²) >= 11 is 0. The van der Waals surface area contributed by atoms with Crippen molar-refractivity contribution in [2.24, 2.45) is 5.41 Å². The van der Waals surface area contributed by atoms with Crippen molar-refractivity contribution in [3.8, 4) is 0 Å². The van der Waals surface area contributed by atoms with Crippen molar-refractivity contribution < 1.29 is 19.2 Å². The number of piperidine rings is 1. The van der Waals surface area contributed by atoms with Crippen molar-refractivity contribution in [3.05, 3.63) is 0 Å². The predicted octanol–water partition coefficient (Wildman–Crippen LogP) is -0.212. The average Bonchev–Trinajstić information content (AvgIpc) is 3.09. The van der Waals surface area contributed by atoms with Gasteiger partial charge in [-0.2, -0.15) is 0 Å². The molecule has 0 aromatic rings. The molecule has 0 unspecified atom stereocenters. The molecule has 3 heterocycles. The highest BCUT2D eigenvalue weighted by molar-refractivity contribution is 6.04. The molecule has 1 spiro atoms. The third-order valence-corrected chi connectivity index (χ3v) is 5.33. The van der Waals surface area contributed by atoms with Crippen LogP contribution in [0.3, 0.4) is 0 Å². The highest BCUT2D eigenvalue weighted by Crippen LogP contribution is 2.40. The molecule has 0 aromatic carbocycles. The van der Waals surface area contributed by atoms with Gasteiger partial charge in [-0.15, -0.1) is 0 Å². The summed E-state index contributed by atoms with van der Waals surface area (Å²) in [6.07, 6.45) is 2.39. The fraction of sp³-hybridized carbons (Fsp3) is 0.750. The van der Waals surface area contributed by atoms with Crippen LogP contribution in [0.2, 0.25) is 0 Å². The summed E-state index contributed by atoms with van der Waals surface area (Å²) in [5.74, 6) is -0.525. The fourth-order valence-corrected chi connectivity index (χ4v) is 3.91. The highest BCUT2D eigenvalue weighted by atomic mass is 16.2. The van der Waals surface area contributed by atoms with Crippen LogP contribution in [-0.4, -0.2) is 77.2 Å². The first-order valence-corrected chi connectivity index (χ1v) is 8.51. The van der Waals surface area contributed by atoms with Gasteiger partial charge in [0.05, 0.1) is 12.0 Å². The lowest BCUT2D eigenvalue weighted by Gasteiger charge is -2.41. The van der Waals surface area contributed by atoms with Crippen LogP contribution in [0.5, 0.6) is 0 Å². The lowest BCUT2D eigenvalue weighted by molar-refractivity contribution is -0.148. The first kappa shape index (κ1) is 16.7. The van der Waals surface area contributed by atoms with Gasteiger partial charge in [0, 0.05) is 25.7 Å². The molecule has 3 aliphatic rings. The van der Waals surface area contributed by atoms with Crippen LogP contribution in [0.1, 0.15) is 33.1 Å². The molecule has 3 aliphatic heterocycles. The molecule has 1 N–H and O–H groups in total. The first-order valence-electron chi connectivity index (χ1n) is 8.51. The van der Waals surface area contributed by atoms with E-state index in [0.717, 1.165) is 24.3 Å². The Bertz CT molecular complexity index is 575. The zero-order valence-corrected chi connectivity index (χ0v) is 14.2.